The van der Waals surface area contributed by atoms with Crippen molar-refractivity contribution in [2.75, 3.05) is 6.54 Å². The van der Waals surface area contributed by atoms with Crippen molar-refractivity contribution in [2.24, 2.45) is 0 Å². The predicted octanol–water partition coefficient (Wildman–Crippen LogP) is 4.01. The van der Waals surface area contributed by atoms with Crippen molar-refractivity contribution in [3.05, 3.63) is 70.5 Å². The first-order valence-electron chi connectivity index (χ1n) is 6.36. The van der Waals surface area contributed by atoms with Crippen molar-refractivity contribution >= 4 is 17.5 Å². The number of hydrogen-bond donors (Lipinski definition) is 1. The van der Waals surface area contributed by atoms with Gasteiger partial charge in [0.2, 0.25) is 0 Å². The molecule has 0 radical (unpaired) electrons. The van der Waals surface area contributed by atoms with E-state index >= 15 is 0 Å². The number of amides is 1. The van der Waals surface area contributed by atoms with E-state index in [0.717, 1.165) is 11.6 Å². The standard InChI is InChI=1S/C16H15ClFNO/c1-11(12-5-3-2-4-6-12)10-19-16(20)14-8-7-13(17)9-15(14)18/h2-9,11H,10H2,1H3,(H,19,20). The second-order valence-electron chi connectivity index (χ2n) is 4.65. The third-order valence-electron chi connectivity index (χ3n) is 3.11. The largest absolute Gasteiger partial charge is 0.351 e. The Bertz CT molecular complexity index is 601. The van der Waals surface area contributed by atoms with Crippen molar-refractivity contribution in [1.82, 2.24) is 5.32 Å². The van der Waals surface area contributed by atoms with Gasteiger partial charge in [-0.15, -0.1) is 0 Å². The first kappa shape index (κ1) is 14.5. The summed E-state index contributed by atoms with van der Waals surface area (Å²) < 4.78 is 13.6. The van der Waals surface area contributed by atoms with Crippen LogP contribution >= 0.6 is 11.6 Å². The van der Waals surface area contributed by atoms with E-state index in [2.05, 4.69) is 5.32 Å². The lowest BCUT2D eigenvalue weighted by molar-refractivity contribution is 0.0947. The number of halogens is 2. The third-order valence-corrected chi connectivity index (χ3v) is 3.35. The van der Waals surface area contributed by atoms with Gasteiger partial charge in [-0.1, -0.05) is 48.9 Å². The molecule has 104 valence electrons. The van der Waals surface area contributed by atoms with E-state index in [1.54, 1.807) is 0 Å². The van der Waals surface area contributed by atoms with Gasteiger partial charge in [0.15, 0.2) is 0 Å². The van der Waals surface area contributed by atoms with Crippen LogP contribution in [0.4, 0.5) is 4.39 Å². The lowest BCUT2D eigenvalue weighted by Gasteiger charge is -2.13. The molecule has 4 heteroatoms. The van der Waals surface area contributed by atoms with Gasteiger partial charge < -0.3 is 5.32 Å². The number of nitrogens with one attached hydrogen (secondary N) is 1. The number of benzene rings is 2. The molecule has 1 atom stereocenters. The van der Waals surface area contributed by atoms with Crippen LogP contribution in [0, 0.1) is 5.82 Å². The molecule has 1 amide bonds. The van der Waals surface area contributed by atoms with Crippen LogP contribution in [0.25, 0.3) is 0 Å². The van der Waals surface area contributed by atoms with Crippen LogP contribution in [0.1, 0.15) is 28.8 Å². The summed E-state index contributed by atoms with van der Waals surface area (Å²) in [5, 5.41) is 3.01. The molecule has 0 saturated carbocycles. The number of carbonyl (C=O) groups is 1. The lowest BCUT2D eigenvalue weighted by atomic mass is 10.0. The van der Waals surface area contributed by atoms with E-state index in [4.69, 9.17) is 11.6 Å². The van der Waals surface area contributed by atoms with Crippen LogP contribution in [-0.2, 0) is 0 Å². The minimum absolute atomic E-state index is 0.00895. The highest BCUT2D eigenvalue weighted by Gasteiger charge is 2.13. The first-order chi connectivity index (χ1) is 9.58. The molecule has 0 fully saturated rings. The maximum atomic E-state index is 13.6. The van der Waals surface area contributed by atoms with Gasteiger partial charge in [0, 0.05) is 11.6 Å². The van der Waals surface area contributed by atoms with Gasteiger partial charge in [0.1, 0.15) is 5.82 Å². The van der Waals surface area contributed by atoms with Gasteiger partial charge in [-0.3, -0.25) is 4.79 Å². The Morgan fingerprint density at radius 3 is 2.60 bits per heavy atom. The maximum Gasteiger partial charge on any atom is 0.254 e. The monoisotopic (exact) mass is 291 g/mol. The molecule has 2 rings (SSSR count). The molecular formula is C16H15ClFNO. The molecule has 20 heavy (non-hydrogen) atoms. The van der Waals surface area contributed by atoms with Crippen molar-refractivity contribution in [1.29, 1.82) is 0 Å². The zero-order chi connectivity index (χ0) is 14.5. The van der Waals surface area contributed by atoms with Gasteiger partial charge in [0.25, 0.3) is 5.91 Å². The van der Waals surface area contributed by atoms with Crippen LogP contribution in [0.3, 0.4) is 0 Å². The van der Waals surface area contributed by atoms with E-state index in [0.29, 0.717) is 6.54 Å². The fraction of sp³-hybridized carbons (Fsp3) is 0.188. The Morgan fingerprint density at radius 1 is 1.25 bits per heavy atom. The van der Waals surface area contributed by atoms with Gasteiger partial charge in [-0.25, -0.2) is 4.39 Å². The van der Waals surface area contributed by atoms with E-state index in [1.165, 1.54) is 12.1 Å². The Morgan fingerprint density at radius 2 is 1.95 bits per heavy atom. The van der Waals surface area contributed by atoms with Crippen molar-refractivity contribution < 1.29 is 9.18 Å². The molecule has 1 unspecified atom stereocenters. The predicted molar refractivity (Wildman–Crippen MR) is 78.6 cm³/mol. The second-order valence-corrected chi connectivity index (χ2v) is 5.08. The van der Waals surface area contributed by atoms with Crippen LogP contribution in [0.2, 0.25) is 5.02 Å². The van der Waals surface area contributed by atoms with Crippen molar-refractivity contribution in [3.63, 3.8) is 0 Å². The van der Waals surface area contributed by atoms with E-state index in [-0.39, 0.29) is 16.5 Å². The Labute approximate surface area is 122 Å². The molecule has 2 aromatic carbocycles. The van der Waals surface area contributed by atoms with Gasteiger partial charge in [0.05, 0.1) is 5.56 Å². The zero-order valence-corrected chi connectivity index (χ0v) is 11.8. The van der Waals surface area contributed by atoms with Crippen molar-refractivity contribution in [2.45, 2.75) is 12.8 Å². The fourth-order valence-electron chi connectivity index (χ4n) is 1.91. The lowest BCUT2D eigenvalue weighted by Crippen LogP contribution is -2.28. The minimum Gasteiger partial charge on any atom is -0.351 e. The van der Waals surface area contributed by atoms with Gasteiger partial charge >= 0.3 is 0 Å². The average molecular weight is 292 g/mol. The summed E-state index contributed by atoms with van der Waals surface area (Å²) in [5.41, 5.74) is 1.14. The average Bonchev–Trinajstić information content (AvgIpc) is 2.45. The molecule has 0 aliphatic rings. The van der Waals surface area contributed by atoms with E-state index in [9.17, 15) is 9.18 Å². The summed E-state index contributed by atoms with van der Waals surface area (Å²) in [4.78, 5) is 11.9. The van der Waals surface area contributed by atoms with Gasteiger partial charge in [-0.05, 0) is 29.7 Å². The third kappa shape index (κ3) is 3.58. The molecule has 1 N–H and O–H groups in total. The summed E-state index contributed by atoms with van der Waals surface area (Å²) in [6.45, 7) is 2.46. The highest BCUT2D eigenvalue weighted by atomic mass is 35.5. The molecule has 0 aliphatic heterocycles. The molecule has 0 saturated heterocycles. The van der Waals surface area contributed by atoms with Crippen LogP contribution in [0.5, 0.6) is 0 Å². The Kier molecular flexibility index (Phi) is 4.74. The molecule has 0 aliphatic carbocycles. The summed E-state index contributed by atoms with van der Waals surface area (Å²) in [6, 6.07) is 13.9. The highest BCUT2D eigenvalue weighted by molar-refractivity contribution is 6.30. The highest BCUT2D eigenvalue weighted by Crippen LogP contribution is 2.16. The van der Waals surface area contributed by atoms with Crippen LogP contribution in [-0.4, -0.2) is 12.5 Å². The quantitative estimate of drug-likeness (QED) is 0.906. The van der Waals surface area contributed by atoms with Gasteiger partial charge in [-0.2, -0.15) is 0 Å². The fourth-order valence-corrected chi connectivity index (χ4v) is 2.07. The molecule has 0 aromatic heterocycles. The van der Waals surface area contributed by atoms with Crippen molar-refractivity contribution in [3.8, 4) is 0 Å². The SMILES string of the molecule is CC(CNC(=O)c1ccc(Cl)cc1F)c1ccccc1. The topological polar surface area (TPSA) is 29.1 Å². The summed E-state index contributed by atoms with van der Waals surface area (Å²) >= 11 is 5.66. The molecule has 2 aromatic rings. The zero-order valence-electron chi connectivity index (χ0n) is 11.1. The molecule has 0 spiro atoms. The van der Waals surface area contributed by atoms with Crippen LogP contribution < -0.4 is 5.32 Å². The Hall–Kier alpha value is -1.87. The van der Waals surface area contributed by atoms with E-state index in [1.807, 2.05) is 37.3 Å². The molecule has 0 bridgehead atoms. The smallest absolute Gasteiger partial charge is 0.254 e. The van der Waals surface area contributed by atoms with E-state index < -0.39 is 11.7 Å². The molecule has 2 nitrogen and oxygen atoms in total. The number of carbonyl (C=O) groups excluding carboxylic acids is 1. The number of hydrogen-bond acceptors (Lipinski definition) is 1. The summed E-state index contributed by atoms with van der Waals surface area (Å²) in [6.07, 6.45) is 0. The summed E-state index contributed by atoms with van der Waals surface area (Å²) in [7, 11) is 0. The maximum absolute atomic E-state index is 13.6. The normalized spacial score (nSPS) is 11.9. The number of rotatable bonds is 4. The van der Waals surface area contributed by atoms with Crippen LogP contribution in [0.15, 0.2) is 48.5 Å². The second kappa shape index (κ2) is 6.53. The summed E-state index contributed by atoms with van der Waals surface area (Å²) in [5.74, 6) is -0.875. The minimum atomic E-state index is -0.609. The molecule has 0 heterocycles. The first-order valence-corrected chi connectivity index (χ1v) is 6.74. The Balaban J connectivity index is 1.99. The molecular weight excluding hydrogens is 277 g/mol.